The van der Waals surface area contributed by atoms with Crippen LogP contribution in [0.4, 0.5) is 0 Å². The minimum atomic E-state index is 0. The first kappa shape index (κ1) is 29.2. The number of benzene rings is 2. The average molecular weight is 550 g/mol. The van der Waals surface area contributed by atoms with Crippen molar-refractivity contribution in [2.24, 2.45) is 0 Å². The Hall–Kier alpha value is -0.870. The molecule has 0 unspecified atom stereocenters. The van der Waals surface area contributed by atoms with Gasteiger partial charge in [-0.3, -0.25) is 0 Å². The summed E-state index contributed by atoms with van der Waals surface area (Å²) >= 11 is 0. The predicted octanol–water partition coefficient (Wildman–Crippen LogP) is 5.93. The molecule has 2 aromatic carbocycles. The minimum absolute atomic E-state index is 0. The number of unbranched alkanes of at least 4 members (excludes halogenated alkanes) is 10. The van der Waals surface area contributed by atoms with Crippen molar-refractivity contribution in [2.75, 3.05) is 13.1 Å². The summed E-state index contributed by atoms with van der Waals surface area (Å²) in [6.07, 6.45) is 16.6. The molecule has 0 atom stereocenters. The normalized spacial score (nSPS) is 11.3. The molecule has 0 aliphatic carbocycles. The molecule has 2 rings (SSSR count). The molecule has 0 saturated heterocycles. The van der Waals surface area contributed by atoms with Crippen molar-refractivity contribution >= 4 is 0 Å². The van der Waals surface area contributed by atoms with Crippen molar-refractivity contribution < 1.29 is 28.5 Å². The van der Waals surface area contributed by atoms with Gasteiger partial charge in [-0.15, -0.1) is 0 Å². The van der Waals surface area contributed by atoms with Gasteiger partial charge >= 0.3 is 0 Å². The molecule has 0 N–H and O–H groups in total. The molecule has 0 bridgehead atoms. The third kappa shape index (κ3) is 12.4. The summed E-state index contributed by atoms with van der Waals surface area (Å²) in [6.45, 7) is 9.57. The zero-order valence-electron chi connectivity index (χ0n) is 20.9. The van der Waals surface area contributed by atoms with E-state index in [2.05, 4.69) is 74.5 Å². The molecule has 2 heteroatoms. The highest BCUT2D eigenvalue weighted by Crippen LogP contribution is 2.24. The average Bonchev–Trinajstić information content (AvgIpc) is 2.80. The largest absolute Gasteiger partial charge is 1.00 e. The lowest BCUT2D eigenvalue weighted by Crippen LogP contribution is -3.00. The summed E-state index contributed by atoms with van der Waals surface area (Å²) in [5.74, 6) is 0. The standard InChI is InChI=1S/C30H48N.HI/c1-3-5-7-9-11-19-25-31(26-20-12-10-8-6-4-2,27-29-21-15-13-16-22-29)28-30-23-17-14-18-24-30;/h13-18,21-24H,3-12,19-20,25-28H2,1-2H3;1H/q+1;/p-1. The van der Waals surface area contributed by atoms with E-state index in [1.807, 2.05) is 0 Å². The summed E-state index contributed by atoms with van der Waals surface area (Å²) in [6, 6.07) is 22.5. The molecule has 0 amide bonds. The number of nitrogens with zero attached hydrogens (tertiary/aromatic N) is 1. The van der Waals surface area contributed by atoms with E-state index in [1.54, 1.807) is 0 Å². The Balaban J connectivity index is 0.00000512. The Morgan fingerprint density at radius 1 is 0.469 bits per heavy atom. The number of hydrogen-bond donors (Lipinski definition) is 0. The highest BCUT2D eigenvalue weighted by Gasteiger charge is 2.27. The highest BCUT2D eigenvalue weighted by atomic mass is 127. The SMILES string of the molecule is CCCCCCCC[N+](CCCCCCCC)(Cc1ccccc1)Cc1ccccc1.[I-]. The molecule has 32 heavy (non-hydrogen) atoms. The van der Waals surface area contributed by atoms with E-state index >= 15 is 0 Å². The van der Waals surface area contributed by atoms with Gasteiger partial charge in [0.25, 0.3) is 0 Å². The molecular formula is C30H48IN. The van der Waals surface area contributed by atoms with Crippen LogP contribution in [0, 0.1) is 0 Å². The fraction of sp³-hybridized carbons (Fsp3) is 0.600. The van der Waals surface area contributed by atoms with Gasteiger partial charge in [0.2, 0.25) is 0 Å². The first-order valence-electron chi connectivity index (χ1n) is 13.2. The Labute approximate surface area is 216 Å². The maximum atomic E-state index is 2.33. The third-order valence-electron chi connectivity index (χ3n) is 6.69. The number of rotatable bonds is 18. The van der Waals surface area contributed by atoms with E-state index in [9.17, 15) is 0 Å². The van der Waals surface area contributed by atoms with Crippen LogP contribution in [0.25, 0.3) is 0 Å². The lowest BCUT2D eigenvalue weighted by Gasteiger charge is -2.39. The zero-order chi connectivity index (χ0) is 22.0. The third-order valence-corrected chi connectivity index (χ3v) is 6.69. The van der Waals surface area contributed by atoms with Gasteiger partial charge in [0.05, 0.1) is 13.1 Å². The zero-order valence-corrected chi connectivity index (χ0v) is 23.1. The van der Waals surface area contributed by atoms with Crippen LogP contribution in [-0.2, 0) is 13.1 Å². The maximum absolute atomic E-state index is 2.33. The molecule has 0 heterocycles. The summed E-state index contributed by atoms with van der Waals surface area (Å²) in [5.41, 5.74) is 2.99. The van der Waals surface area contributed by atoms with Gasteiger partial charge in [0.15, 0.2) is 0 Å². The molecule has 0 fully saturated rings. The quantitative estimate of drug-likeness (QED) is 0.123. The maximum Gasteiger partial charge on any atom is 0.105 e. The monoisotopic (exact) mass is 549 g/mol. The van der Waals surface area contributed by atoms with Crippen molar-refractivity contribution in [3.05, 3.63) is 71.8 Å². The topological polar surface area (TPSA) is 0 Å². The second-order valence-corrected chi connectivity index (χ2v) is 9.61. The van der Waals surface area contributed by atoms with Crippen LogP contribution in [0.15, 0.2) is 60.7 Å². The van der Waals surface area contributed by atoms with E-state index < -0.39 is 0 Å². The molecule has 2 aromatic rings. The van der Waals surface area contributed by atoms with Gasteiger partial charge in [0.1, 0.15) is 13.1 Å². The van der Waals surface area contributed by atoms with Crippen LogP contribution < -0.4 is 24.0 Å². The Kier molecular flexibility index (Phi) is 16.9. The van der Waals surface area contributed by atoms with Gasteiger partial charge in [-0.05, 0) is 25.7 Å². The smallest absolute Gasteiger partial charge is 0.105 e. The van der Waals surface area contributed by atoms with E-state index in [0.717, 1.165) is 0 Å². The molecule has 0 radical (unpaired) electrons. The summed E-state index contributed by atoms with van der Waals surface area (Å²) < 4.78 is 1.22. The molecule has 180 valence electrons. The number of hydrogen-bond acceptors (Lipinski definition) is 0. The molecule has 1 nitrogen and oxygen atoms in total. The molecule has 0 aliphatic rings. The lowest BCUT2D eigenvalue weighted by molar-refractivity contribution is -0.954. The van der Waals surface area contributed by atoms with Crippen molar-refractivity contribution in [1.29, 1.82) is 0 Å². The summed E-state index contributed by atoms with van der Waals surface area (Å²) in [4.78, 5) is 0. The van der Waals surface area contributed by atoms with E-state index in [1.165, 1.54) is 119 Å². The fourth-order valence-corrected chi connectivity index (χ4v) is 4.88. The van der Waals surface area contributed by atoms with Crippen LogP contribution in [0.2, 0.25) is 0 Å². The van der Waals surface area contributed by atoms with E-state index in [0.29, 0.717) is 0 Å². The van der Waals surface area contributed by atoms with Crippen LogP contribution >= 0.6 is 0 Å². The second kappa shape index (κ2) is 18.5. The number of halogens is 1. The predicted molar refractivity (Wildman–Crippen MR) is 137 cm³/mol. The first-order valence-corrected chi connectivity index (χ1v) is 13.2. The number of quaternary nitrogens is 1. The summed E-state index contributed by atoms with van der Waals surface area (Å²) in [5, 5.41) is 0. The highest BCUT2D eigenvalue weighted by molar-refractivity contribution is 5.15. The minimum Gasteiger partial charge on any atom is -1.00 e. The van der Waals surface area contributed by atoms with Gasteiger partial charge in [-0.25, -0.2) is 0 Å². The van der Waals surface area contributed by atoms with Crippen LogP contribution in [-0.4, -0.2) is 17.6 Å². The van der Waals surface area contributed by atoms with Gasteiger partial charge < -0.3 is 28.5 Å². The molecule has 0 aliphatic heterocycles. The summed E-state index contributed by atoms with van der Waals surface area (Å²) in [7, 11) is 0. The van der Waals surface area contributed by atoms with Gasteiger partial charge in [-0.1, -0.05) is 126 Å². The molecule has 0 aromatic heterocycles. The van der Waals surface area contributed by atoms with Crippen LogP contribution in [0.5, 0.6) is 0 Å². The second-order valence-electron chi connectivity index (χ2n) is 9.61. The Morgan fingerprint density at radius 2 is 0.812 bits per heavy atom. The van der Waals surface area contributed by atoms with Crippen molar-refractivity contribution in [2.45, 2.75) is 104 Å². The molecular weight excluding hydrogens is 501 g/mol. The van der Waals surface area contributed by atoms with Crippen molar-refractivity contribution in [3.63, 3.8) is 0 Å². The van der Waals surface area contributed by atoms with Gasteiger partial charge in [0, 0.05) is 11.1 Å². The lowest BCUT2D eigenvalue weighted by atomic mass is 10.0. The fourth-order valence-electron chi connectivity index (χ4n) is 4.88. The molecule has 0 saturated carbocycles. The van der Waals surface area contributed by atoms with Crippen LogP contribution in [0.3, 0.4) is 0 Å². The molecule has 0 spiro atoms. The first-order chi connectivity index (χ1) is 15.3. The van der Waals surface area contributed by atoms with E-state index in [4.69, 9.17) is 0 Å². The van der Waals surface area contributed by atoms with Crippen molar-refractivity contribution in [3.8, 4) is 0 Å². The Morgan fingerprint density at radius 3 is 1.19 bits per heavy atom. The van der Waals surface area contributed by atoms with Crippen molar-refractivity contribution in [1.82, 2.24) is 0 Å². The van der Waals surface area contributed by atoms with Gasteiger partial charge in [-0.2, -0.15) is 0 Å². The van der Waals surface area contributed by atoms with Crippen LogP contribution in [0.1, 0.15) is 102 Å². The Bertz CT molecular complexity index is 596. The van der Waals surface area contributed by atoms with E-state index in [-0.39, 0.29) is 24.0 Å².